The number of ether oxygens (including phenoxy) is 1. The van der Waals surface area contributed by atoms with E-state index in [-0.39, 0.29) is 5.60 Å². The second-order valence-electron chi connectivity index (χ2n) is 6.09. The van der Waals surface area contributed by atoms with Gasteiger partial charge in [-0.05, 0) is 69.1 Å². The summed E-state index contributed by atoms with van der Waals surface area (Å²) in [5.41, 5.74) is 2.92. The van der Waals surface area contributed by atoms with E-state index in [1.165, 1.54) is 5.57 Å². The molecule has 0 spiro atoms. The molecule has 0 N–H and O–H groups in total. The molecule has 110 valence electrons. The lowest BCUT2D eigenvalue weighted by Gasteiger charge is -2.35. The van der Waals surface area contributed by atoms with Crippen LogP contribution in [0.5, 0.6) is 0 Å². The van der Waals surface area contributed by atoms with Gasteiger partial charge in [-0.15, -0.1) is 0 Å². The number of allylic oxidation sites excluding steroid dienone is 1. The molecule has 0 atom stereocenters. The molecule has 0 radical (unpaired) electrons. The lowest BCUT2D eigenvalue weighted by molar-refractivity contribution is 0.00441. The van der Waals surface area contributed by atoms with Crippen LogP contribution >= 0.6 is 15.9 Å². The first kappa shape index (κ1) is 16.8. The maximum absolute atomic E-state index is 9.03. The quantitative estimate of drug-likeness (QED) is 0.562. The van der Waals surface area contributed by atoms with Gasteiger partial charge in [0.2, 0.25) is 0 Å². The van der Waals surface area contributed by atoms with E-state index >= 15 is 0 Å². The number of hydrogen-bond acceptors (Lipinski definition) is 3. The van der Waals surface area contributed by atoms with Crippen LogP contribution in [0.25, 0.3) is 0 Å². The first-order chi connectivity index (χ1) is 9.15. The molecule has 0 saturated carbocycles. The summed E-state index contributed by atoms with van der Waals surface area (Å²) in [5, 5.41) is 9.03. The van der Waals surface area contributed by atoms with Crippen LogP contribution in [0, 0.1) is 11.3 Å². The maximum atomic E-state index is 9.03. The Hall–Kier alpha value is -1.21. The Bertz CT molecular complexity index is 504. The van der Waals surface area contributed by atoms with Gasteiger partial charge in [0.15, 0.2) is 5.88 Å². The minimum absolute atomic E-state index is 0.247. The number of nitriles is 1. The number of nitrogens with zero attached hydrogens (tertiary/aromatic N) is 2. The zero-order valence-corrected chi connectivity index (χ0v) is 14.6. The summed E-state index contributed by atoms with van der Waals surface area (Å²) < 4.78 is 6.73. The molecular weight excluding hydrogens is 316 g/mol. The van der Waals surface area contributed by atoms with E-state index in [9.17, 15) is 0 Å². The van der Waals surface area contributed by atoms with E-state index in [1.807, 2.05) is 27.7 Å². The maximum Gasteiger partial charge on any atom is 0.182 e. The molecule has 0 unspecified atom stereocenters. The third kappa shape index (κ3) is 4.42. The highest BCUT2D eigenvalue weighted by molar-refractivity contribution is 9.12. The average Bonchev–Trinajstić information content (AvgIpc) is 2.35. The third-order valence-corrected chi connectivity index (χ3v) is 4.23. The molecule has 20 heavy (non-hydrogen) atoms. The van der Waals surface area contributed by atoms with Crippen LogP contribution < -0.4 is 0 Å². The van der Waals surface area contributed by atoms with Gasteiger partial charge in [0.25, 0.3) is 0 Å². The van der Waals surface area contributed by atoms with Crippen molar-refractivity contribution in [2.45, 2.75) is 46.6 Å². The van der Waals surface area contributed by atoms with Crippen LogP contribution in [-0.4, -0.2) is 23.6 Å². The Kier molecular flexibility index (Phi) is 5.47. The molecule has 0 fully saturated rings. The smallest absolute Gasteiger partial charge is 0.182 e. The van der Waals surface area contributed by atoms with Crippen molar-refractivity contribution in [2.24, 2.45) is 0 Å². The molecule has 4 heteroatoms. The van der Waals surface area contributed by atoms with Crippen molar-refractivity contribution in [3.63, 3.8) is 0 Å². The zero-order valence-electron chi connectivity index (χ0n) is 13.0. The summed E-state index contributed by atoms with van der Waals surface area (Å²) in [5.74, 6) is 0.692. The van der Waals surface area contributed by atoms with E-state index in [0.29, 0.717) is 11.5 Å². The normalized spacial score (nSPS) is 17.6. The fraction of sp³-hybridized carbons (Fsp3) is 0.562. The minimum atomic E-state index is -0.247. The molecule has 0 bridgehead atoms. The van der Waals surface area contributed by atoms with E-state index in [2.05, 4.69) is 40.4 Å². The van der Waals surface area contributed by atoms with Crippen LogP contribution in [0.15, 0.2) is 33.7 Å². The summed E-state index contributed by atoms with van der Waals surface area (Å²) in [4.78, 5) is 2.12. The summed E-state index contributed by atoms with van der Waals surface area (Å²) >= 11 is 3.55. The Labute approximate surface area is 130 Å². The highest BCUT2D eigenvalue weighted by Gasteiger charge is 2.23. The van der Waals surface area contributed by atoms with Crippen molar-refractivity contribution in [3.8, 4) is 6.07 Å². The Morgan fingerprint density at radius 1 is 1.45 bits per heavy atom. The van der Waals surface area contributed by atoms with Gasteiger partial charge in [-0.1, -0.05) is 5.57 Å². The predicted octanol–water partition coefficient (Wildman–Crippen LogP) is 4.49. The Balaban J connectivity index is 2.92. The number of halogens is 1. The van der Waals surface area contributed by atoms with E-state index in [1.54, 1.807) is 0 Å². The van der Waals surface area contributed by atoms with E-state index in [4.69, 9.17) is 10.00 Å². The molecule has 3 nitrogen and oxygen atoms in total. The molecule has 0 aromatic carbocycles. The lowest BCUT2D eigenvalue weighted by Crippen LogP contribution is -2.34. The van der Waals surface area contributed by atoms with Gasteiger partial charge in [0.1, 0.15) is 5.60 Å². The highest BCUT2D eigenvalue weighted by atomic mass is 79.9. The summed E-state index contributed by atoms with van der Waals surface area (Å²) in [6, 6.07) is 2.19. The van der Waals surface area contributed by atoms with Crippen molar-refractivity contribution in [2.75, 3.05) is 13.1 Å². The molecule has 1 rings (SSSR count). The Morgan fingerprint density at radius 2 is 2.05 bits per heavy atom. The van der Waals surface area contributed by atoms with Gasteiger partial charge in [-0.25, -0.2) is 0 Å². The molecular formula is C16H23BrN2O. The fourth-order valence-corrected chi connectivity index (χ4v) is 2.57. The first-order valence-electron chi connectivity index (χ1n) is 6.74. The second kappa shape index (κ2) is 6.49. The fourth-order valence-electron chi connectivity index (χ4n) is 2.02. The summed E-state index contributed by atoms with van der Waals surface area (Å²) in [6.45, 7) is 15.6. The molecule has 0 aromatic rings. The molecule has 1 aliphatic heterocycles. The van der Waals surface area contributed by atoms with Gasteiger partial charge >= 0.3 is 0 Å². The first-order valence-corrected chi connectivity index (χ1v) is 7.53. The lowest BCUT2D eigenvalue weighted by atomic mass is 9.99. The summed E-state index contributed by atoms with van der Waals surface area (Å²) in [6.07, 6.45) is 0.954. The van der Waals surface area contributed by atoms with Crippen LogP contribution in [0.1, 0.15) is 41.0 Å². The van der Waals surface area contributed by atoms with Gasteiger partial charge in [0, 0.05) is 23.1 Å². The van der Waals surface area contributed by atoms with E-state index in [0.717, 1.165) is 29.6 Å². The van der Waals surface area contributed by atoms with Crippen molar-refractivity contribution < 1.29 is 4.74 Å². The van der Waals surface area contributed by atoms with Crippen molar-refractivity contribution in [3.05, 3.63) is 33.7 Å². The van der Waals surface area contributed by atoms with Crippen LogP contribution in [0.3, 0.4) is 0 Å². The van der Waals surface area contributed by atoms with E-state index < -0.39 is 0 Å². The van der Waals surface area contributed by atoms with Crippen LogP contribution in [-0.2, 0) is 4.74 Å². The standard InChI is InChI=1S/C16H23BrN2O/c1-11-7-8-19(13(3)20-16(4,5)6)10-14(11)15(17)12(2)9-18/h3,7-8,10H2,1-2,4-6H3/b15-12-. The largest absolute Gasteiger partial charge is 0.474 e. The van der Waals surface area contributed by atoms with Gasteiger partial charge in [0.05, 0.1) is 6.07 Å². The molecule has 0 aliphatic carbocycles. The average molecular weight is 339 g/mol. The van der Waals surface area contributed by atoms with Crippen molar-refractivity contribution in [1.29, 1.82) is 5.26 Å². The van der Waals surface area contributed by atoms with Crippen molar-refractivity contribution in [1.82, 2.24) is 4.90 Å². The highest BCUT2D eigenvalue weighted by Crippen LogP contribution is 2.31. The topological polar surface area (TPSA) is 36.3 Å². The van der Waals surface area contributed by atoms with Gasteiger partial charge < -0.3 is 9.64 Å². The zero-order chi connectivity index (χ0) is 15.5. The van der Waals surface area contributed by atoms with Crippen LogP contribution in [0.2, 0.25) is 0 Å². The monoisotopic (exact) mass is 338 g/mol. The van der Waals surface area contributed by atoms with Crippen LogP contribution in [0.4, 0.5) is 0 Å². The number of rotatable bonds is 3. The molecule has 1 aliphatic rings. The molecule has 1 heterocycles. The van der Waals surface area contributed by atoms with Gasteiger partial charge in [-0.3, -0.25) is 0 Å². The molecule has 0 aromatic heterocycles. The third-order valence-electron chi connectivity index (χ3n) is 3.16. The SMILES string of the molecule is C=C(OC(C)(C)C)N1CCC(C)=C(/C(Br)=C(\C)C#N)C1. The summed E-state index contributed by atoms with van der Waals surface area (Å²) in [7, 11) is 0. The Morgan fingerprint density at radius 3 is 2.55 bits per heavy atom. The van der Waals surface area contributed by atoms with Crippen molar-refractivity contribution >= 4 is 15.9 Å². The minimum Gasteiger partial charge on any atom is -0.474 e. The number of hydrogen-bond donors (Lipinski definition) is 0. The predicted molar refractivity (Wildman–Crippen MR) is 86.1 cm³/mol. The second-order valence-corrected chi connectivity index (χ2v) is 6.88. The van der Waals surface area contributed by atoms with Gasteiger partial charge in [-0.2, -0.15) is 5.26 Å². The molecule has 0 amide bonds. The molecule has 0 saturated heterocycles.